The highest BCUT2D eigenvalue weighted by Gasteiger charge is 2.19. The Morgan fingerprint density at radius 2 is 1.75 bits per heavy atom. The highest BCUT2D eigenvalue weighted by Crippen LogP contribution is 2.41. The molecular weight excluding hydrogens is 410 g/mol. The van der Waals surface area contributed by atoms with Gasteiger partial charge in [0, 0.05) is 17.5 Å². The minimum absolute atomic E-state index is 0.330. The number of pyridine rings is 1. The van der Waals surface area contributed by atoms with Crippen LogP contribution in [0, 0.1) is 0 Å². The molecule has 2 N–H and O–H groups in total. The van der Waals surface area contributed by atoms with E-state index in [9.17, 15) is 4.79 Å². The minimum atomic E-state index is -0.330. The molecule has 164 valence electrons. The summed E-state index contributed by atoms with van der Waals surface area (Å²) in [5, 5.41) is 3.53. The maximum atomic E-state index is 12.8. The fourth-order valence-corrected chi connectivity index (χ4v) is 3.33. The third kappa shape index (κ3) is 4.29. The summed E-state index contributed by atoms with van der Waals surface area (Å²) in [6, 6.07) is 16.7. The van der Waals surface area contributed by atoms with Crippen molar-refractivity contribution in [3.8, 4) is 23.1 Å². The van der Waals surface area contributed by atoms with Gasteiger partial charge in [-0.1, -0.05) is 30.3 Å². The number of amides is 1. The Morgan fingerprint density at radius 1 is 0.969 bits per heavy atom. The number of nitrogens with one attached hydrogen (secondary N) is 2. The summed E-state index contributed by atoms with van der Waals surface area (Å²) >= 11 is 0. The first-order valence-corrected chi connectivity index (χ1v) is 9.88. The molecule has 0 aliphatic carbocycles. The molecule has 4 rings (SSSR count). The van der Waals surface area contributed by atoms with Crippen LogP contribution < -0.4 is 24.3 Å². The predicted octanol–water partition coefficient (Wildman–Crippen LogP) is 4.42. The Labute approximate surface area is 185 Å². The van der Waals surface area contributed by atoms with Crippen molar-refractivity contribution in [1.29, 1.82) is 0 Å². The number of anilines is 1. The summed E-state index contributed by atoms with van der Waals surface area (Å²) in [6.07, 6.45) is 1.55. The molecule has 0 atom stereocenters. The summed E-state index contributed by atoms with van der Waals surface area (Å²) in [5.74, 6) is 1.70. The van der Waals surface area contributed by atoms with Gasteiger partial charge in [0.25, 0.3) is 5.91 Å². The van der Waals surface area contributed by atoms with E-state index in [1.54, 1.807) is 44.7 Å². The number of rotatable bonds is 8. The highest BCUT2D eigenvalue weighted by molar-refractivity contribution is 6.07. The van der Waals surface area contributed by atoms with E-state index in [0.717, 1.165) is 5.56 Å². The summed E-state index contributed by atoms with van der Waals surface area (Å²) < 4.78 is 21.9. The molecule has 2 aromatic carbocycles. The van der Waals surface area contributed by atoms with Gasteiger partial charge in [-0.25, -0.2) is 4.98 Å². The monoisotopic (exact) mass is 433 g/mol. The van der Waals surface area contributed by atoms with Gasteiger partial charge in [0.2, 0.25) is 5.88 Å². The number of methoxy groups -OCH3 is 3. The van der Waals surface area contributed by atoms with Gasteiger partial charge in [-0.2, -0.15) is 0 Å². The third-order valence-electron chi connectivity index (χ3n) is 4.91. The number of ether oxygens (including phenoxy) is 4. The Morgan fingerprint density at radius 3 is 2.41 bits per heavy atom. The molecule has 0 radical (unpaired) electrons. The molecule has 0 saturated carbocycles. The summed E-state index contributed by atoms with van der Waals surface area (Å²) in [5.41, 5.74) is 2.54. The van der Waals surface area contributed by atoms with Crippen molar-refractivity contribution in [3.63, 3.8) is 0 Å². The Bertz CT molecular complexity index is 1220. The van der Waals surface area contributed by atoms with Gasteiger partial charge in [-0.3, -0.25) is 4.79 Å². The van der Waals surface area contributed by atoms with Crippen LogP contribution >= 0.6 is 0 Å². The van der Waals surface area contributed by atoms with E-state index < -0.39 is 0 Å². The van der Waals surface area contributed by atoms with Crippen LogP contribution in [-0.2, 0) is 6.61 Å². The summed E-state index contributed by atoms with van der Waals surface area (Å²) in [6.45, 7) is 0.418. The molecule has 2 heterocycles. The van der Waals surface area contributed by atoms with Gasteiger partial charge >= 0.3 is 0 Å². The third-order valence-corrected chi connectivity index (χ3v) is 4.91. The predicted molar refractivity (Wildman–Crippen MR) is 121 cm³/mol. The van der Waals surface area contributed by atoms with Crippen LogP contribution in [-0.4, -0.2) is 37.2 Å². The number of benzene rings is 2. The van der Waals surface area contributed by atoms with Crippen molar-refractivity contribution in [2.24, 2.45) is 0 Å². The van der Waals surface area contributed by atoms with E-state index >= 15 is 0 Å². The Balaban J connectivity index is 1.50. The number of hydrogen-bond acceptors (Lipinski definition) is 6. The van der Waals surface area contributed by atoms with Gasteiger partial charge in [-0.15, -0.1) is 0 Å². The van der Waals surface area contributed by atoms with Crippen LogP contribution in [0.15, 0.2) is 60.8 Å². The van der Waals surface area contributed by atoms with Crippen molar-refractivity contribution in [3.05, 3.63) is 72.1 Å². The molecule has 8 heteroatoms. The molecule has 1 amide bonds. The van der Waals surface area contributed by atoms with Gasteiger partial charge in [0.05, 0.1) is 38.7 Å². The van der Waals surface area contributed by atoms with Crippen molar-refractivity contribution >= 4 is 22.5 Å². The van der Waals surface area contributed by atoms with E-state index in [-0.39, 0.29) is 5.91 Å². The van der Waals surface area contributed by atoms with Crippen LogP contribution in [0.4, 0.5) is 5.69 Å². The lowest BCUT2D eigenvalue weighted by Crippen LogP contribution is -2.12. The topological polar surface area (TPSA) is 94.7 Å². The first-order valence-electron chi connectivity index (χ1n) is 9.88. The van der Waals surface area contributed by atoms with Gasteiger partial charge < -0.3 is 29.2 Å². The fraction of sp³-hybridized carbons (Fsp3) is 0.167. The van der Waals surface area contributed by atoms with Gasteiger partial charge in [-0.05, 0) is 17.7 Å². The lowest BCUT2D eigenvalue weighted by atomic mass is 10.2. The quantitative estimate of drug-likeness (QED) is 0.427. The number of fused-ring (bicyclic) bond motifs is 1. The maximum absolute atomic E-state index is 12.8. The number of nitrogens with zero attached hydrogens (tertiary/aromatic N) is 1. The van der Waals surface area contributed by atoms with Crippen molar-refractivity contribution in [2.75, 3.05) is 26.6 Å². The van der Waals surface area contributed by atoms with E-state index in [1.807, 2.05) is 30.3 Å². The van der Waals surface area contributed by atoms with Crippen LogP contribution in [0.25, 0.3) is 10.9 Å². The molecule has 8 nitrogen and oxygen atoms in total. The van der Waals surface area contributed by atoms with Crippen LogP contribution in [0.2, 0.25) is 0 Å². The number of aromatic nitrogens is 2. The van der Waals surface area contributed by atoms with Crippen LogP contribution in [0.1, 0.15) is 16.1 Å². The van der Waals surface area contributed by atoms with E-state index in [1.165, 1.54) is 7.11 Å². The standard InChI is InChI=1S/C24H23N3O5/c1-29-19-12-20(30-2)23(31-3)22-17(19)11-18(27-22)24(28)26-16-9-10-21(25-13-16)32-14-15-7-5-4-6-8-15/h4-13,27H,14H2,1-3H3,(H,26,28). The highest BCUT2D eigenvalue weighted by atomic mass is 16.5. The molecule has 0 aliphatic rings. The molecule has 0 saturated heterocycles. The van der Waals surface area contributed by atoms with E-state index in [4.69, 9.17) is 18.9 Å². The molecule has 0 bridgehead atoms. The smallest absolute Gasteiger partial charge is 0.272 e. The molecule has 0 aliphatic heterocycles. The number of carbonyl (C=O) groups is 1. The number of aromatic amines is 1. The molecule has 32 heavy (non-hydrogen) atoms. The Hall–Kier alpha value is -4.20. The second kappa shape index (κ2) is 9.30. The first kappa shape index (κ1) is 21.0. The largest absolute Gasteiger partial charge is 0.496 e. The second-order valence-corrected chi connectivity index (χ2v) is 6.90. The van der Waals surface area contributed by atoms with Gasteiger partial charge in [0.1, 0.15) is 18.1 Å². The average molecular weight is 433 g/mol. The SMILES string of the molecule is COc1cc(OC)c2cc(C(=O)Nc3ccc(OCc4ccccc4)nc3)[nH]c2c1OC. The zero-order chi connectivity index (χ0) is 22.5. The number of hydrogen-bond donors (Lipinski definition) is 2. The average Bonchev–Trinajstić information content (AvgIpc) is 3.28. The zero-order valence-electron chi connectivity index (χ0n) is 18.0. The number of H-pyrrole nitrogens is 1. The van der Waals surface area contributed by atoms with Crippen LogP contribution in [0.5, 0.6) is 23.1 Å². The Kier molecular flexibility index (Phi) is 6.12. The zero-order valence-corrected chi connectivity index (χ0v) is 18.0. The fourth-order valence-electron chi connectivity index (χ4n) is 3.33. The normalized spacial score (nSPS) is 10.6. The summed E-state index contributed by atoms with van der Waals surface area (Å²) in [4.78, 5) is 20.2. The first-order chi connectivity index (χ1) is 15.6. The van der Waals surface area contributed by atoms with E-state index in [0.29, 0.717) is 52.0 Å². The molecular formula is C24H23N3O5. The van der Waals surface area contributed by atoms with Crippen molar-refractivity contribution in [2.45, 2.75) is 6.61 Å². The van der Waals surface area contributed by atoms with E-state index in [2.05, 4.69) is 15.3 Å². The lowest BCUT2D eigenvalue weighted by molar-refractivity contribution is 0.102. The molecule has 0 spiro atoms. The molecule has 4 aromatic rings. The van der Waals surface area contributed by atoms with Crippen LogP contribution in [0.3, 0.4) is 0 Å². The molecule has 0 fully saturated rings. The maximum Gasteiger partial charge on any atom is 0.272 e. The van der Waals surface area contributed by atoms with Gasteiger partial charge in [0.15, 0.2) is 11.5 Å². The summed E-state index contributed by atoms with van der Waals surface area (Å²) in [7, 11) is 4.64. The molecule has 2 aromatic heterocycles. The minimum Gasteiger partial charge on any atom is -0.496 e. The lowest BCUT2D eigenvalue weighted by Gasteiger charge is -2.11. The van der Waals surface area contributed by atoms with Crippen molar-refractivity contribution in [1.82, 2.24) is 9.97 Å². The molecule has 0 unspecified atom stereocenters. The number of carbonyl (C=O) groups excluding carboxylic acids is 1. The van der Waals surface area contributed by atoms with Crippen molar-refractivity contribution < 1.29 is 23.7 Å². The second-order valence-electron chi connectivity index (χ2n) is 6.90.